The van der Waals surface area contributed by atoms with Crippen LogP contribution in [0.3, 0.4) is 0 Å². The lowest BCUT2D eigenvalue weighted by atomic mass is 10.4. The number of hydrogen-bond acceptors (Lipinski definition) is 6. The van der Waals surface area contributed by atoms with Gasteiger partial charge in [-0.25, -0.2) is 14.6 Å². The summed E-state index contributed by atoms with van der Waals surface area (Å²) in [6.07, 6.45) is 3.52. The van der Waals surface area contributed by atoms with Gasteiger partial charge in [0.2, 0.25) is 11.1 Å². The van der Waals surface area contributed by atoms with E-state index in [1.807, 2.05) is 13.2 Å². The van der Waals surface area contributed by atoms with Gasteiger partial charge >= 0.3 is 0 Å². The predicted molar refractivity (Wildman–Crippen MR) is 57.9 cm³/mol. The minimum Gasteiger partial charge on any atom is -0.368 e. The molecule has 2 aromatic heterocycles. The Morgan fingerprint density at radius 3 is 2.80 bits per heavy atom. The topological polar surface area (TPSA) is 82.5 Å². The van der Waals surface area contributed by atoms with Crippen molar-refractivity contribution in [3.8, 4) is 5.82 Å². The number of thioether (sulfide) groups is 1. The molecule has 0 atom stereocenters. The van der Waals surface area contributed by atoms with Crippen LogP contribution >= 0.6 is 11.8 Å². The van der Waals surface area contributed by atoms with Gasteiger partial charge in [0.1, 0.15) is 6.33 Å². The molecule has 0 unspecified atom stereocenters. The molecule has 78 valence electrons. The van der Waals surface area contributed by atoms with Gasteiger partial charge < -0.3 is 5.73 Å². The second-order valence-electron chi connectivity index (χ2n) is 2.90. The lowest BCUT2D eigenvalue weighted by molar-refractivity contribution is 0.804. The molecular weight excluding hydrogens is 212 g/mol. The molecule has 2 heterocycles. The van der Waals surface area contributed by atoms with Crippen LogP contribution in [0.1, 0.15) is 5.69 Å². The highest BCUT2D eigenvalue weighted by atomic mass is 32.2. The number of aromatic nitrogens is 5. The number of aryl methyl sites for hydroxylation is 1. The number of nitrogens with two attached hydrogens (primary N) is 1. The summed E-state index contributed by atoms with van der Waals surface area (Å²) in [5.41, 5.74) is 6.35. The molecular formula is C8H10N6S. The molecule has 2 aromatic rings. The van der Waals surface area contributed by atoms with Gasteiger partial charge in [0, 0.05) is 11.8 Å². The summed E-state index contributed by atoms with van der Waals surface area (Å²) < 4.78 is 1.58. The van der Waals surface area contributed by atoms with Gasteiger partial charge in [-0.1, -0.05) is 11.8 Å². The minimum atomic E-state index is 0.242. The Morgan fingerprint density at radius 1 is 1.40 bits per heavy atom. The van der Waals surface area contributed by atoms with E-state index < -0.39 is 0 Å². The first-order chi connectivity index (χ1) is 7.19. The molecule has 0 saturated carbocycles. The summed E-state index contributed by atoms with van der Waals surface area (Å²) >= 11 is 1.47. The van der Waals surface area contributed by atoms with Gasteiger partial charge in [-0.15, -0.1) is 5.10 Å². The highest BCUT2D eigenvalue weighted by molar-refractivity contribution is 7.98. The van der Waals surface area contributed by atoms with Crippen LogP contribution in [-0.4, -0.2) is 31.0 Å². The third-order valence-corrected chi connectivity index (χ3v) is 2.30. The van der Waals surface area contributed by atoms with Crippen molar-refractivity contribution < 1.29 is 0 Å². The maximum absolute atomic E-state index is 5.55. The Kier molecular flexibility index (Phi) is 2.55. The van der Waals surface area contributed by atoms with Crippen molar-refractivity contribution in [2.45, 2.75) is 12.1 Å². The molecule has 0 saturated heterocycles. The highest BCUT2D eigenvalue weighted by Gasteiger charge is 2.04. The van der Waals surface area contributed by atoms with E-state index in [2.05, 4.69) is 20.1 Å². The maximum atomic E-state index is 5.55. The molecule has 0 aliphatic heterocycles. The molecule has 2 rings (SSSR count). The third-order valence-electron chi connectivity index (χ3n) is 1.75. The fourth-order valence-corrected chi connectivity index (χ4v) is 1.47. The predicted octanol–water partition coefficient (Wildman–Crippen LogP) is 0.670. The summed E-state index contributed by atoms with van der Waals surface area (Å²) in [6, 6.07) is 1.80. The lowest BCUT2D eigenvalue weighted by Gasteiger charge is -2.01. The van der Waals surface area contributed by atoms with Crippen LogP contribution < -0.4 is 5.73 Å². The summed E-state index contributed by atoms with van der Waals surface area (Å²) in [5.74, 6) is 0.874. The van der Waals surface area contributed by atoms with Gasteiger partial charge in [-0.05, 0) is 13.2 Å². The molecule has 0 bridgehead atoms. The summed E-state index contributed by atoms with van der Waals surface area (Å²) in [4.78, 5) is 12.1. The van der Waals surface area contributed by atoms with E-state index in [1.54, 1.807) is 17.1 Å². The fourth-order valence-electron chi connectivity index (χ4n) is 1.14. The lowest BCUT2D eigenvalue weighted by Crippen LogP contribution is -2.04. The molecule has 0 aromatic carbocycles. The van der Waals surface area contributed by atoms with E-state index in [9.17, 15) is 0 Å². The van der Waals surface area contributed by atoms with Crippen LogP contribution in [0.5, 0.6) is 0 Å². The standard InChI is InChI=1S/C8H10N6S/c1-5-3-6(12-7(9)11-5)14-4-10-8(13-14)15-2/h3-4H,1-2H3,(H2,9,11,12). The van der Waals surface area contributed by atoms with Crippen LogP contribution in [0, 0.1) is 6.92 Å². The van der Waals surface area contributed by atoms with Gasteiger partial charge in [0.05, 0.1) is 0 Å². The SMILES string of the molecule is CSc1ncn(-c2cc(C)nc(N)n2)n1. The summed E-state index contributed by atoms with van der Waals surface area (Å²) in [7, 11) is 0. The molecule has 6 nitrogen and oxygen atoms in total. The van der Waals surface area contributed by atoms with Crippen LogP contribution in [0.15, 0.2) is 17.6 Å². The molecule has 0 spiro atoms. The van der Waals surface area contributed by atoms with Crippen molar-refractivity contribution in [2.75, 3.05) is 12.0 Å². The summed E-state index contributed by atoms with van der Waals surface area (Å²) in [6.45, 7) is 1.86. The van der Waals surface area contributed by atoms with Gasteiger partial charge in [0.15, 0.2) is 5.82 Å². The third kappa shape index (κ3) is 2.07. The quantitative estimate of drug-likeness (QED) is 0.752. The molecule has 0 radical (unpaired) electrons. The van der Waals surface area contributed by atoms with Crippen LogP contribution in [0.2, 0.25) is 0 Å². The normalized spacial score (nSPS) is 10.5. The zero-order valence-electron chi connectivity index (χ0n) is 8.38. The van der Waals surface area contributed by atoms with E-state index >= 15 is 0 Å². The van der Waals surface area contributed by atoms with Gasteiger partial charge in [-0.3, -0.25) is 0 Å². The van der Waals surface area contributed by atoms with Gasteiger partial charge in [-0.2, -0.15) is 4.98 Å². The van der Waals surface area contributed by atoms with Crippen molar-refractivity contribution in [3.05, 3.63) is 18.1 Å². The Morgan fingerprint density at radius 2 is 2.20 bits per heavy atom. The Hall–Kier alpha value is -1.63. The Balaban J connectivity index is 2.44. The largest absolute Gasteiger partial charge is 0.368 e. The van der Waals surface area contributed by atoms with Crippen LogP contribution in [-0.2, 0) is 0 Å². The van der Waals surface area contributed by atoms with E-state index in [4.69, 9.17) is 5.73 Å². The Labute approximate surface area is 90.9 Å². The van der Waals surface area contributed by atoms with Crippen molar-refractivity contribution in [3.63, 3.8) is 0 Å². The first-order valence-electron chi connectivity index (χ1n) is 4.26. The number of nitrogen functional groups attached to an aromatic ring is 1. The van der Waals surface area contributed by atoms with E-state index in [0.29, 0.717) is 11.0 Å². The number of nitrogens with zero attached hydrogens (tertiary/aromatic N) is 5. The fraction of sp³-hybridized carbons (Fsp3) is 0.250. The first-order valence-corrected chi connectivity index (χ1v) is 5.48. The molecule has 2 N–H and O–H groups in total. The molecule has 0 fully saturated rings. The van der Waals surface area contributed by atoms with Crippen LogP contribution in [0.4, 0.5) is 5.95 Å². The molecule has 15 heavy (non-hydrogen) atoms. The van der Waals surface area contributed by atoms with E-state index in [-0.39, 0.29) is 5.95 Å². The van der Waals surface area contributed by atoms with Crippen molar-refractivity contribution >= 4 is 17.7 Å². The second kappa shape index (κ2) is 3.85. The van der Waals surface area contributed by atoms with Gasteiger partial charge in [0.25, 0.3) is 0 Å². The van der Waals surface area contributed by atoms with Crippen LogP contribution in [0.25, 0.3) is 5.82 Å². The smallest absolute Gasteiger partial charge is 0.222 e. The average Bonchev–Trinajstić information content (AvgIpc) is 2.64. The zero-order chi connectivity index (χ0) is 10.8. The number of hydrogen-bond donors (Lipinski definition) is 1. The minimum absolute atomic E-state index is 0.242. The van der Waals surface area contributed by atoms with E-state index in [0.717, 1.165) is 5.69 Å². The van der Waals surface area contributed by atoms with E-state index in [1.165, 1.54) is 11.8 Å². The Bertz CT molecular complexity index is 459. The molecule has 7 heteroatoms. The second-order valence-corrected chi connectivity index (χ2v) is 3.67. The van der Waals surface area contributed by atoms with Crippen molar-refractivity contribution in [2.24, 2.45) is 0 Å². The molecule has 0 aliphatic carbocycles. The molecule has 0 amide bonds. The summed E-state index contributed by atoms with van der Waals surface area (Å²) in [5, 5.41) is 4.90. The maximum Gasteiger partial charge on any atom is 0.222 e. The molecule has 0 aliphatic rings. The number of anilines is 1. The first kappa shape index (κ1) is 9.91. The zero-order valence-corrected chi connectivity index (χ0v) is 9.19. The average molecular weight is 222 g/mol. The highest BCUT2D eigenvalue weighted by Crippen LogP contribution is 2.10. The number of rotatable bonds is 2. The van der Waals surface area contributed by atoms with Crippen molar-refractivity contribution in [1.29, 1.82) is 0 Å². The monoisotopic (exact) mass is 222 g/mol. The van der Waals surface area contributed by atoms with Crippen molar-refractivity contribution in [1.82, 2.24) is 24.7 Å².